The molecule has 0 unspecified atom stereocenters. The predicted molar refractivity (Wildman–Crippen MR) is 104 cm³/mol. The minimum atomic E-state index is -0.621. The fourth-order valence-electron chi connectivity index (χ4n) is 2.76. The maximum atomic E-state index is 12.8. The number of nitrogens with zero attached hydrogens (tertiary/aromatic N) is 1. The fraction of sp³-hybridized carbons (Fsp3) is 0.333. The Balaban J connectivity index is 2.16. The second-order valence-corrected chi connectivity index (χ2v) is 6.24. The predicted octanol–water partition coefficient (Wildman–Crippen LogP) is 2.55. The third-order valence-corrected chi connectivity index (χ3v) is 4.27. The van der Waals surface area contributed by atoms with E-state index in [9.17, 15) is 9.59 Å². The number of carbonyl (C=O) groups excluding carboxylic acids is 2. The number of carbonyl (C=O) groups is 2. The molecule has 2 rings (SSSR count). The molecule has 0 spiro atoms. The molecule has 2 aromatic rings. The molecule has 2 amide bonds. The molecule has 0 radical (unpaired) electrons. The maximum Gasteiger partial charge on any atom is 0.261 e. The van der Waals surface area contributed by atoms with Gasteiger partial charge in [0.05, 0.1) is 7.11 Å². The summed E-state index contributed by atoms with van der Waals surface area (Å²) in [5.74, 6) is 0.526. The molecule has 0 aliphatic carbocycles. The van der Waals surface area contributed by atoms with Crippen molar-refractivity contribution < 1.29 is 19.1 Å². The number of ether oxygens (including phenoxy) is 2. The van der Waals surface area contributed by atoms with Crippen LogP contribution in [0, 0.1) is 6.92 Å². The Labute approximate surface area is 160 Å². The Morgan fingerprint density at radius 2 is 1.81 bits per heavy atom. The number of aryl methyl sites for hydroxylation is 1. The van der Waals surface area contributed by atoms with E-state index in [1.54, 1.807) is 39.3 Å². The maximum absolute atomic E-state index is 12.8. The van der Waals surface area contributed by atoms with Crippen molar-refractivity contribution in [3.8, 4) is 11.5 Å². The van der Waals surface area contributed by atoms with Gasteiger partial charge in [0.2, 0.25) is 5.91 Å². The summed E-state index contributed by atoms with van der Waals surface area (Å²) in [5.41, 5.74) is 2.05. The van der Waals surface area contributed by atoms with Crippen molar-refractivity contribution in [2.75, 3.05) is 20.8 Å². The van der Waals surface area contributed by atoms with Crippen molar-refractivity contribution in [2.24, 2.45) is 0 Å². The summed E-state index contributed by atoms with van der Waals surface area (Å²) in [4.78, 5) is 26.5. The molecule has 0 heterocycles. The lowest BCUT2D eigenvalue weighted by molar-refractivity contribution is -0.142. The van der Waals surface area contributed by atoms with Gasteiger partial charge in [-0.15, -0.1) is 0 Å². The van der Waals surface area contributed by atoms with Crippen molar-refractivity contribution in [3.05, 3.63) is 59.7 Å². The standard InChI is InChI=1S/C21H26N2O4/c1-15-8-7-9-17(12-15)13-23(16(2)21(25)22-3)20(24)14-27-19-11-6-5-10-18(19)26-4/h5-12,16H,13-14H2,1-4H3,(H,22,25)/t16-/m0/s1. The summed E-state index contributed by atoms with van der Waals surface area (Å²) in [6, 6.07) is 14.4. The second-order valence-electron chi connectivity index (χ2n) is 6.24. The number of methoxy groups -OCH3 is 1. The number of amides is 2. The van der Waals surface area contributed by atoms with Crippen molar-refractivity contribution in [3.63, 3.8) is 0 Å². The van der Waals surface area contributed by atoms with Crippen LogP contribution in [0.15, 0.2) is 48.5 Å². The molecule has 0 aromatic heterocycles. The van der Waals surface area contributed by atoms with Gasteiger partial charge in [-0.2, -0.15) is 0 Å². The molecular weight excluding hydrogens is 344 g/mol. The van der Waals surface area contributed by atoms with Crippen LogP contribution < -0.4 is 14.8 Å². The first-order chi connectivity index (χ1) is 13.0. The molecule has 0 saturated heterocycles. The summed E-state index contributed by atoms with van der Waals surface area (Å²) in [5, 5.41) is 2.60. The monoisotopic (exact) mass is 370 g/mol. The molecule has 0 aliphatic rings. The Morgan fingerprint density at radius 3 is 2.44 bits per heavy atom. The zero-order valence-electron chi connectivity index (χ0n) is 16.2. The van der Waals surface area contributed by atoms with E-state index in [-0.39, 0.29) is 18.4 Å². The van der Waals surface area contributed by atoms with Gasteiger partial charge in [0, 0.05) is 13.6 Å². The van der Waals surface area contributed by atoms with Crippen LogP contribution in [-0.2, 0) is 16.1 Å². The zero-order chi connectivity index (χ0) is 19.8. The Morgan fingerprint density at radius 1 is 1.11 bits per heavy atom. The number of likely N-dealkylation sites (N-methyl/N-ethyl adjacent to an activating group) is 1. The summed E-state index contributed by atoms with van der Waals surface area (Å²) in [7, 11) is 3.10. The summed E-state index contributed by atoms with van der Waals surface area (Å²) in [6.07, 6.45) is 0. The van der Waals surface area contributed by atoms with Crippen molar-refractivity contribution in [2.45, 2.75) is 26.4 Å². The van der Waals surface area contributed by atoms with Gasteiger partial charge in [-0.25, -0.2) is 0 Å². The lowest BCUT2D eigenvalue weighted by Crippen LogP contribution is -2.48. The highest BCUT2D eigenvalue weighted by atomic mass is 16.5. The molecule has 0 fully saturated rings. The lowest BCUT2D eigenvalue weighted by atomic mass is 10.1. The summed E-state index contributed by atoms with van der Waals surface area (Å²) in [6.45, 7) is 3.83. The van der Waals surface area contributed by atoms with E-state index in [0.717, 1.165) is 11.1 Å². The molecule has 1 atom stereocenters. The van der Waals surface area contributed by atoms with E-state index in [1.807, 2.05) is 37.3 Å². The third kappa shape index (κ3) is 5.48. The largest absolute Gasteiger partial charge is 0.493 e. The third-order valence-electron chi connectivity index (χ3n) is 4.27. The van der Waals surface area contributed by atoms with Crippen molar-refractivity contribution in [1.29, 1.82) is 0 Å². The van der Waals surface area contributed by atoms with E-state index < -0.39 is 6.04 Å². The van der Waals surface area contributed by atoms with Crippen LogP contribution in [0.5, 0.6) is 11.5 Å². The number of para-hydroxylation sites is 2. The van der Waals surface area contributed by atoms with Crippen LogP contribution in [0.2, 0.25) is 0 Å². The van der Waals surface area contributed by atoms with Crippen LogP contribution in [0.4, 0.5) is 0 Å². The second kappa shape index (κ2) is 9.62. The molecule has 1 N–H and O–H groups in total. The normalized spacial score (nSPS) is 11.4. The molecule has 27 heavy (non-hydrogen) atoms. The van der Waals surface area contributed by atoms with Gasteiger partial charge in [0.25, 0.3) is 5.91 Å². The molecule has 0 saturated carbocycles. The van der Waals surface area contributed by atoms with Crippen molar-refractivity contribution in [1.82, 2.24) is 10.2 Å². The number of hydrogen-bond acceptors (Lipinski definition) is 4. The van der Waals surface area contributed by atoms with Crippen molar-refractivity contribution >= 4 is 11.8 Å². The van der Waals surface area contributed by atoms with E-state index in [1.165, 1.54) is 4.90 Å². The SMILES string of the molecule is CNC(=O)[C@H](C)N(Cc1cccc(C)c1)C(=O)COc1ccccc1OC. The minimum absolute atomic E-state index is 0.187. The van der Waals surface area contributed by atoms with E-state index in [4.69, 9.17) is 9.47 Å². The molecule has 2 aromatic carbocycles. The van der Waals surface area contributed by atoms with Gasteiger partial charge in [-0.1, -0.05) is 42.0 Å². The topological polar surface area (TPSA) is 67.9 Å². The van der Waals surface area contributed by atoms with Gasteiger partial charge >= 0.3 is 0 Å². The van der Waals surface area contributed by atoms with Crippen LogP contribution in [0.3, 0.4) is 0 Å². The number of rotatable bonds is 8. The van der Waals surface area contributed by atoms with Gasteiger partial charge < -0.3 is 19.7 Å². The molecular formula is C21H26N2O4. The fourth-order valence-corrected chi connectivity index (χ4v) is 2.76. The number of nitrogens with one attached hydrogen (secondary N) is 1. The lowest BCUT2D eigenvalue weighted by Gasteiger charge is -2.28. The van der Waals surface area contributed by atoms with Crippen LogP contribution in [0.25, 0.3) is 0 Å². The van der Waals surface area contributed by atoms with Crippen LogP contribution in [0.1, 0.15) is 18.1 Å². The molecule has 144 valence electrons. The quantitative estimate of drug-likeness (QED) is 0.775. The first kappa shape index (κ1) is 20.3. The van der Waals surface area contributed by atoms with E-state index in [2.05, 4.69) is 5.32 Å². The average Bonchev–Trinajstić information content (AvgIpc) is 2.69. The summed E-state index contributed by atoms with van der Waals surface area (Å²) < 4.78 is 10.9. The molecule has 0 aliphatic heterocycles. The Bertz CT molecular complexity index is 791. The van der Waals surface area contributed by atoms with E-state index in [0.29, 0.717) is 18.0 Å². The number of benzene rings is 2. The first-order valence-electron chi connectivity index (χ1n) is 8.78. The van der Waals surface area contributed by atoms with E-state index >= 15 is 0 Å². The smallest absolute Gasteiger partial charge is 0.261 e. The Kier molecular flexibility index (Phi) is 7.23. The van der Waals surface area contributed by atoms with Crippen LogP contribution in [-0.4, -0.2) is 43.5 Å². The number of hydrogen-bond donors (Lipinski definition) is 1. The minimum Gasteiger partial charge on any atom is -0.493 e. The molecule has 6 nitrogen and oxygen atoms in total. The summed E-state index contributed by atoms with van der Waals surface area (Å²) >= 11 is 0. The Hall–Kier alpha value is -3.02. The van der Waals surface area contributed by atoms with Crippen LogP contribution >= 0.6 is 0 Å². The highest BCUT2D eigenvalue weighted by molar-refractivity contribution is 5.87. The molecule has 6 heteroatoms. The average molecular weight is 370 g/mol. The molecule has 0 bridgehead atoms. The van der Waals surface area contributed by atoms with Gasteiger partial charge in [0.15, 0.2) is 18.1 Å². The van der Waals surface area contributed by atoms with Gasteiger partial charge in [-0.05, 0) is 31.5 Å². The highest BCUT2D eigenvalue weighted by Gasteiger charge is 2.26. The zero-order valence-corrected chi connectivity index (χ0v) is 16.2. The highest BCUT2D eigenvalue weighted by Crippen LogP contribution is 2.25. The van der Waals surface area contributed by atoms with Gasteiger partial charge in [0.1, 0.15) is 6.04 Å². The van der Waals surface area contributed by atoms with Gasteiger partial charge in [-0.3, -0.25) is 9.59 Å². The first-order valence-corrected chi connectivity index (χ1v) is 8.78.